The first-order valence-electron chi connectivity index (χ1n) is 3.78. The number of hydrogen-bond donors (Lipinski definition) is 0. The third-order valence-electron chi connectivity index (χ3n) is 1.49. The van der Waals surface area contributed by atoms with E-state index in [0.29, 0.717) is 6.29 Å². The van der Waals surface area contributed by atoms with Gasteiger partial charge >= 0.3 is 0 Å². The van der Waals surface area contributed by atoms with Crippen LogP contribution in [0.5, 0.6) is 0 Å². The molecule has 0 heterocycles. The average molecular weight is 161 g/mol. The molecule has 0 atom stereocenters. The lowest BCUT2D eigenvalue weighted by atomic mass is 10.1. The molecule has 0 aliphatic heterocycles. The number of aryl methyl sites for hydroxylation is 2. The first-order chi connectivity index (χ1) is 5.72. The van der Waals surface area contributed by atoms with Gasteiger partial charge in [-0.3, -0.25) is 9.79 Å². The monoisotopic (exact) mass is 161 g/mol. The summed E-state index contributed by atoms with van der Waals surface area (Å²) in [6, 6.07) is 5.94. The minimum absolute atomic E-state index is 0.678. The van der Waals surface area contributed by atoms with Gasteiger partial charge in [0.15, 0.2) is 6.29 Å². The van der Waals surface area contributed by atoms with Crippen molar-refractivity contribution in [2.24, 2.45) is 4.99 Å². The Kier molecular flexibility index (Phi) is 2.75. The van der Waals surface area contributed by atoms with Crippen molar-refractivity contribution in [3.63, 3.8) is 0 Å². The number of rotatable bonds is 2. The fraction of sp³-hybridized carbons (Fsp3) is 0.200. The van der Waals surface area contributed by atoms with E-state index >= 15 is 0 Å². The molecule has 0 radical (unpaired) electrons. The molecule has 0 spiro atoms. The van der Waals surface area contributed by atoms with Crippen LogP contribution in [0.15, 0.2) is 23.2 Å². The van der Waals surface area contributed by atoms with E-state index in [4.69, 9.17) is 0 Å². The van der Waals surface area contributed by atoms with Crippen LogP contribution in [-0.2, 0) is 4.79 Å². The van der Waals surface area contributed by atoms with Crippen LogP contribution in [0.3, 0.4) is 0 Å². The molecule has 1 rings (SSSR count). The second-order valence-electron chi connectivity index (χ2n) is 2.76. The highest BCUT2D eigenvalue weighted by Gasteiger charge is 1.91. The van der Waals surface area contributed by atoms with E-state index in [-0.39, 0.29) is 0 Å². The Hall–Kier alpha value is -1.44. The van der Waals surface area contributed by atoms with E-state index in [1.54, 1.807) is 0 Å². The lowest BCUT2D eigenvalue weighted by Crippen LogP contribution is -1.77. The number of hydrogen-bond acceptors (Lipinski definition) is 2. The van der Waals surface area contributed by atoms with Crippen molar-refractivity contribution < 1.29 is 4.79 Å². The van der Waals surface area contributed by atoms with Gasteiger partial charge in [-0.25, -0.2) is 0 Å². The highest BCUT2D eigenvalue weighted by Crippen LogP contribution is 2.15. The van der Waals surface area contributed by atoms with E-state index in [1.807, 2.05) is 26.0 Å². The Morgan fingerprint density at radius 2 is 1.75 bits per heavy atom. The minimum Gasteiger partial charge on any atom is -0.297 e. The van der Waals surface area contributed by atoms with Gasteiger partial charge < -0.3 is 0 Å². The van der Waals surface area contributed by atoms with E-state index < -0.39 is 0 Å². The van der Waals surface area contributed by atoms with Crippen molar-refractivity contribution in [2.45, 2.75) is 13.8 Å². The second-order valence-corrected chi connectivity index (χ2v) is 2.76. The number of aliphatic imine (C=N–C) groups is 1. The third-order valence-corrected chi connectivity index (χ3v) is 1.49. The summed E-state index contributed by atoms with van der Waals surface area (Å²) in [6.07, 6.45) is 1.94. The van der Waals surface area contributed by atoms with Gasteiger partial charge in [0.2, 0.25) is 0 Å². The average Bonchev–Trinajstić information content (AvgIpc) is 1.99. The molecule has 0 N–H and O–H groups in total. The fourth-order valence-corrected chi connectivity index (χ4v) is 1.14. The Bertz CT molecular complexity index is 295. The molecule has 0 aliphatic rings. The molecular formula is C10H11NO. The van der Waals surface area contributed by atoms with Gasteiger partial charge in [-0.2, -0.15) is 0 Å². The van der Waals surface area contributed by atoms with Crippen molar-refractivity contribution in [1.29, 1.82) is 0 Å². The summed E-state index contributed by atoms with van der Waals surface area (Å²) < 4.78 is 0. The summed E-state index contributed by atoms with van der Waals surface area (Å²) >= 11 is 0. The van der Waals surface area contributed by atoms with Gasteiger partial charge in [0.25, 0.3) is 0 Å². The van der Waals surface area contributed by atoms with Crippen LogP contribution in [0.25, 0.3) is 0 Å². The van der Waals surface area contributed by atoms with Crippen molar-refractivity contribution in [3.8, 4) is 0 Å². The van der Waals surface area contributed by atoms with E-state index in [2.05, 4.69) is 11.1 Å². The largest absolute Gasteiger partial charge is 0.297 e. The van der Waals surface area contributed by atoms with E-state index in [0.717, 1.165) is 16.8 Å². The Labute approximate surface area is 71.9 Å². The predicted octanol–water partition coefficient (Wildman–Crippen LogP) is 2.20. The van der Waals surface area contributed by atoms with Crippen LogP contribution in [-0.4, -0.2) is 12.5 Å². The first kappa shape index (κ1) is 8.65. The molecule has 0 aromatic heterocycles. The molecule has 0 amide bonds. The molecule has 0 saturated carbocycles. The molecule has 0 saturated heterocycles. The maximum atomic E-state index is 10.00. The summed E-state index contributed by atoms with van der Waals surface area (Å²) in [6.45, 7) is 4.01. The molecule has 2 heteroatoms. The topological polar surface area (TPSA) is 29.4 Å². The highest BCUT2D eigenvalue weighted by atomic mass is 16.1. The Morgan fingerprint density at radius 1 is 1.17 bits per heavy atom. The quantitative estimate of drug-likeness (QED) is 0.483. The molecule has 0 bridgehead atoms. The summed E-state index contributed by atoms with van der Waals surface area (Å²) in [5.74, 6) is 0. The molecule has 0 unspecified atom stereocenters. The lowest BCUT2D eigenvalue weighted by molar-refractivity contribution is -0.102. The first-order valence-corrected chi connectivity index (χ1v) is 3.78. The summed E-state index contributed by atoms with van der Waals surface area (Å²) in [4.78, 5) is 14.0. The number of aldehydes is 1. The fourth-order valence-electron chi connectivity index (χ4n) is 1.14. The lowest BCUT2D eigenvalue weighted by Gasteiger charge is -1.97. The zero-order chi connectivity index (χ0) is 8.97. The molecule has 12 heavy (non-hydrogen) atoms. The minimum atomic E-state index is 0.678. The molecule has 1 aromatic rings. The van der Waals surface area contributed by atoms with Gasteiger partial charge in [-0.1, -0.05) is 6.07 Å². The van der Waals surface area contributed by atoms with E-state index in [9.17, 15) is 4.79 Å². The summed E-state index contributed by atoms with van der Waals surface area (Å²) in [5.41, 5.74) is 3.15. The van der Waals surface area contributed by atoms with Crippen LogP contribution >= 0.6 is 0 Å². The van der Waals surface area contributed by atoms with Crippen LogP contribution in [0, 0.1) is 13.8 Å². The van der Waals surface area contributed by atoms with E-state index in [1.165, 1.54) is 6.21 Å². The second kappa shape index (κ2) is 3.81. The summed E-state index contributed by atoms with van der Waals surface area (Å²) in [7, 11) is 0. The zero-order valence-corrected chi connectivity index (χ0v) is 7.24. The number of benzene rings is 1. The maximum Gasteiger partial charge on any atom is 0.161 e. The number of nitrogens with zero attached hydrogens (tertiary/aromatic N) is 1. The van der Waals surface area contributed by atoms with Crippen LogP contribution in [0.2, 0.25) is 0 Å². The summed E-state index contributed by atoms with van der Waals surface area (Å²) in [5, 5.41) is 0. The maximum absolute atomic E-state index is 10.00. The highest BCUT2D eigenvalue weighted by molar-refractivity contribution is 6.13. The van der Waals surface area contributed by atoms with Gasteiger partial charge in [-0.15, -0.1) is 0 Å². The van der Waals surface area contributed by atoms with Gasteiger partial charge in [-0.05, 0) is 37.1 Å². The van der Waals surface area contributed by atoms with Crippen molar-refractivity contribution in [3.05, 3.63) is 29.3 Å². The standard InChI is InChI=1S/C10H11NO/c1-8-5-9(2)7-10(6-8)11-3-4-12/h3-7H,1-2H3. The normalized spacial score (nSPS) is 10.5. The van der Waals surface area contributed by atoms with Gasteiger partial charge in [0.1, 0.15) is 0 Å². The Morgan fingerprint density at radius 3 is 2.25 bits per heavy atom. The zero-order valence-electron chi connectivity index (χ0n) is 7.24. The van der Waals surface area contributed by atoms with Crippen LogP contribution in [0.1, 0.15) is 11.1 Å². The molecule has 0 fully saturated rings. The number of carbonyl (C=O) groups is 1. The van der Waals surface area contributed by atoms with Crippen molar-refractivity contribution in [1.82, 2.24) is 0 Å². The smallest absolute Gasteiger partial charge is 0.161 e. The van der Waals surface area contributed by atoms with Gasteiger partial charge in [0, 0.05) is 0 Å². The SMILES string of the molecule is Cc1cc(C)cc(N=CC=O)c1. The van der Waals surface area contributed by atoms with Crippen molar-refractivity contribution in [2.75, 3.05) is 0 Å². The molecular weight excluding hydrogens is 150 g/mol. The van der Waals surface area contributed by atoms with Crippen molar-refractivity contribution >= 4 is 18.2 Å². The third kappa shape index (κ3) is 2.31. The van der Waals surface area contributed by atoms with Gasteiger partial charge in [0.05, 0.1) is 11.9 Å². The predicted molar refractivity (Wildman–Crippen MR) is 50.1 cm³/mol. The van der Waals surface area contributed by atoms with Crippen LogP contribution < -0.4 is 0 Å². The molecule has 62 valence electrons. The molecule has 1 aromatic carbocycles. The Balaban J connectivity index is 3.00. The molecule has 2 nitrogen and oxygen atoms in total. The number of carbonyl (C=O) groups excluding carboxylic acids is 1. The van der Waals surface area contributed by atoms with Crippen LogP contribution in [0.4, 0.5) is 5.69 Å². The molecule has 0 aliphatic carbocycles.